The summed E-state index contributed by atoms with van der Waals surface area (Å²) in [7, 11) is 0. The van der Waals surface area contributed by atoms with Gasteiger partial charge in [-0.1, -0.05) is 24.3 Å². The van der Waals surface area contributed by atoms with Crippen LogP contribution in [0.3, 0.4) is 0 Å². The summed E-state index contributed by atoms with van der Waals surface area (Å²) in [5, 5.41) is 10.7. The van der Waals surface area contributed by atoms with Gasteiger partial charge in [-0.15, -0.1) is 0 Å². The van der Waals surface area contributed by atoms with Crippen LogP contribution >= 0.6 is 0 Å². The lowest BCUT2D eigenvalue weighted by Gasteiger charge is -2.25. The van der Waals surface area contributed by atoms with Crippen LogP contribution in [-0.4, -0.2) is 29.3 Å². The molecule has 0 saturated carbocycles. The molecule has 2 aromatic carbocycles. The van der Waals surface area contributed by atoms with Crippen LogP contribution in [0, 0.1) is 0 Å². The third-order valence-corrected chi connectivity index (χ3v) is 4.62. The molecule has 164 valence electrons. The second-order valence-corrected chi connectivity index (χ2v) is 6.75. The molecule has 0 bridgehead atoms. The number of carbonyl (C=O) groups excluding carboxylic acids is 1. The lowest BCUT2D eigenvalue weighted by Crippen LogP contribution is -2.47. The second kappa shape index (κ2) is 8.01. The van der Waals surface area contributed by atoms with Crippen molar-refractivity contribution in [3.8, 4) is 5.75 Å². The van der Waals surface area contributed by atoms with Gasteiger partial charge in [0.05, 0.1) is 16.5 Å². The number of esters is 1. The Labute approximate surface area is 171 Å². The molecular weight excluding hydrogens is 427 g/mol. The number of halogens is 5. The fraction of sp³-hybridized carbons (Fsp3) is 0.238. The minimum Gasteiger partial charge on any atom is -0.507 e. The molecule has 0 aliphatic heterocycles. The topological polar surface area (TPSA) is 76.7 Å². The van der Waals surface area contributed by atoms with E-state index in [1.165, 1.54) is 18.2 Å². The molecule has 3 rings (SSSR count). The van der Waals surface area contributed by atoms with E-state index in [1.54, 1.807) is 18.2 Å². The van der Waals surface area contributed by atoms with E-state index < -0.39 is 29.8 Å². The molecule has 1 N–H and O–H groups in total. The van der Waals surface area contributed by atoms with Crippen molar-refractivity contribution in [2.45, 2.75) is 31.5 Å². The lowest BCUT2D eigenvalue weighted by molar-refractivity contribution is -0.309. The number of rotatable bonds is 5. The van der Waals surface area contributed by atoms with Gasteiger partial charge in [0.1, 0.15) is 11.3 Å². The van der Waals surface area contributed by atoms with Crippen molar-refractivity contribution in [2.75, 3.05) is 0 Å². The van der Waals surface area contributed by atoms with Gasteiger partial charge in [-0.3, -0.25) is 0 Å². The highest BCUT2D eigenvalue weighted by Gasteiger charge is 2.62. The summed E-state index contributed by atoms with van der Waals surface area (Å²) < 4.78 is 73.0. The number of fused-ring (bicyclic) bond motifs is 1. The summed E-state index contributed by atoms with van der Waals surface area (Å²) in [5.41, 5.74) is -0.404. The number of hydrogen-bond acceptors (Lipinski definition) is 5. The number of para-hydroxylation sites is 1. The molecule has 3 aromatic rings. The van der Waals surface area contributed by atoms with Crippen molar-refractivity contribution in [3.05, 3.63) is 75.6 Å². The number of ether oxygens (including phenoxy) is 1. The zero-order chi connectivity index (χ0) is 23.0. The Morgan fingerprint density at radius 1 is 1.06 bits per heavy atom. The number of hydrogen-bond donors (Lipinski definition) is 1. The zero-order valence-electron chi connectivity index (χ0n) is 15.9. The first kappa shape index (κ1) is 22.3. The first-order valence-electron chi connectivity index (χ1n) is 8.90. The molecule has 0 unspecified atom stereocenters. The van der Waals surface area contributed by atoms with Gasteiger partial charge in [-0.25, -0.2) is 9.59 Å². The Morgan fingerprint density at radius 2 is 1.68 bits per heavy atom. The average molecular weight is 442 g/mol. The van der Waals surface area contributed by atoms with Gasteiger partial charge >= 0.3 is 23.7 Å². The molecule has 31 heavy (non-hydrogen) atoms. The van der Waals surface area contributed by atoms with Crippen molar-refractivity contribution in [1.82, 2.24) is 0 Å². The maximum atomic E-state index is 13.2. The highest BCUT2D eigenvalue weighted by atomic mass is 19.4. The van der Waals surface area contributed by atoms with E-state index in [4.69, 9.17) is 4.42 Å². The minimum absolute atomic E-state index is 0.0348. The molecule has 5 nitrogen and oxygen atoms in total. The molecule has 1 aromatic heterocycles. The van der Waals surface area contributed by atoms with Crippen LogP contribution in [0.15, 0.2) is 57.7 Å². The molecule has 10 heteroatoms. The van der Waals surface area contributed by atoms with Gasteiger partial charge in [-0.05, 0) is 36.8 Å². The van der Waals surface area contributed by atoms with Crippen LogP contribution in [0.5, 0.6) is 5.75 Å². The SMILES string of the molecule is C[C@@H](OC(=O)c1ccc(Cc2c(O)c3ccccc3oc2=O)cc1)C(F)(F)C(F)(F)F. The van der Waals surface area contributed by atoms with Gasteiger partial charge in [0.2, 0.25) is 0 Å². The van der Waals surface area contributed by atoms with Crippen molar-refractivity contribution in [2.24, 2.45) is 0 Å². The zero-order valence-corrected chi connectivity index (χ0v) is 15.9. The normalized spacial score (nSPS) is 13.2. The van der Waals surface area contributed by atoms with Crippen LogP contribution in [0.2, 0.25) is 0 Å². The summed E-state index contributed by atoms with van der Waals surface area (Å²) >= 11 is 0. The van der Waals surface area contributed by atoms with Crippen molar-refractivity contribution in [1.29, 1.82) is 0 Å². The van der Waals surface area contributed by atoms with Crippen molar-refractivity contribution >= 4 is 16.9 Å². The Balaban J connectivity index is 1.78. The fourth-order valence-electron chi connectivity index (χ4n) is 2.82. The quantitative estimate of drug-likeness (QED) is 0.348. The van der Waals surface area contributed by atoms with E-state index >= 15 is 0 Å². The number of alkyl halides is 5. The molecule has 0 amide bonds. The first-order valence-corrected chi connectivity index (χ1v) is 8.90. The molecule has 1 atom stereocenters. The summed E-state index contributed by atoms with van der Waals surface area (Å²) in [4.78, 5) is 24.1. The predicted octanol–water partition coefficient (Wildman–Crippen LogP) is 4.83. The molecule has 1 heterocycles. The van der Waals surface area contributed by atoms with E-state index in [2.05, 4.69) is 4.74 Å². The van der Waals surface area contributed by atoms with E-state index in [1.807, 2.05) is 0 Å². The Bertz CT molecular complexity index is 1170. The van der Waals surface area contributed by atoms with E-state index in [0.717, 1.165) is 12.1 Å². The van der Waals surface area contributed by atoms with E-state index in [0.29, 0.717) is 17.9 Å². The van der Waals surface area contributed by atoms with Gasteiger partial charge in [0.15, 0.2) is 6.10 Å². The summed E-state index contributed by atoms with van der Waals surface area (Å²) in [6.45, 7) is 0.446. The van der Waals surface area contributed by atoms with Crippen LogP contribution in [-0.2, 0) is 11.2 Å². The highest BCUT2D eigenvalue weighted by molar-refractivity contribution is 5.89. The Kier molecular flexibility index (Phi) is 5.75. The third-order valence-electron chi connectivity index (χ3n) is 4.62. The van der Waals surface area contributed by atoms with Crippen LogP contribution < -0.4 is 5.63 Å². The summed E-state index contributed by atoms with van der Waals surface area (Å²) in [5.74, 6) is -6.83. The van der Waals surface area contributed by atoms with E-state index in [-0.39, 0.29) is 28.9 Å². The maximum Gasteiger partial charge on any atom is 0.457 e. The van der Waals surface area contributed by atoms with Crippen molar-refractivity contribution in [3.63, 3.8) is 0 Å². The molecule has 0 radical (unpaired) electrons. The summed E-state index contributed by atoms with van der Waals surface area (Å²) in [6, 6.07) is 11.3. The van der Waals surface area contributed by atoms with Crippen LogP contribution in [0.4, 0.5) is 22.0 Å². The Hall–Kier alpha value is -3.43. The highest BCUT2D eigenvalue weighted by Crippen LogP contribution is 2.39. The molecule has 0 aliphatic carbocycles. The first-order chi connectivity index (χ1) is 14.4. The number of benzene rings is 2. The van der Waals surface area contributed by atoms with Gasteiger partial charge in [0.25, 0.3) is 0 Å². The standard InChI is InChI=1S/C21H15F5O5/c1-11(20(22,23)21(24,25)26)30-18(28)13-8-6-12(7-9-13)10-15-17(27)14-4-2-3-5-16(14)31-19(15)29/h2-9,11,27H,10H2,1H3/t11-/m1/s1. The maximum absolute atomic E-state index is 13.2. The monoisotopic (exact) mass is 442 g/mol. The molecule has 0 fully saturated rings. The summed E-state index contributed by atoms with van der Waals surface area (Å²) in [6.07, 6.45) is -8.66. The fourth-order valence-corrected chi connectivity index (χ4v) is 2.82. The second-order valence-electron chi connectivity index (χ2n) is 6.75. The third kappa shape index (κ3) is 4.37. The van der Waals surface area contributed by atoms with Crippen LogP contribution in [0.1, 0.15) is 28.4 Å². The minimum atomic E-state index is -5.86. The van der Waals surface area contributed by atoms with Gasteiger partial charge < -0.3 is 14.3 Å². The molecule has 0 aliphatic rings. The molecule has 0 saturated heterocycles. The smallest absolute Gasteiger partial charge is 0.457 e. The molecule has 0 spiro atoms. The van der Waals surface area contributed by atoms with Crippen molar-refractivity contribution < 1.29 is 41.0 Å². The van der Waals surface area contributed by atoms with Crippen LogP contribution in [0.25, 0.3) is 11.0 Å². The van der Waals surface area contributed by atoms with E-state index in [9.17, 15) is 36.6 Å². The largest absolute Gasteiger partial charge is 0.507 e. The number of aromatic hydroxyl groups is 1. The lowest BCUT2D eigenvalue weighted by atomic mass is 10.0. The Morgan fingerprint density at radius 3 is 2.29 bits per heavy atom. The van der Waals surface area contributed by atoms with Gasteiger partial charge in [-0.2, -0.15) is 22.0 Å². The number of carbonyl (C=O) groups is 1. The predicted molar refractivity (Wildman–Crippen MR) is 99.3 cm³/mol. The van der Waals surface area contributed by atoms with Gasteiger partial charge in [0, 0.05) is 6.42 Å². The molecular formula is C21H15F5O5. The average Bonchev–Trinajstić information content (AvgIpc) is 2.70.